The molecule has 13 heavy (non-hydrogen) atoms. The number of thiophene rings is 1. The zero-order valence-corrected chi connectivity index (χ0v) is 9.41. The van der Waals surface area contributed by atoms with Crippen LogP contribution in [0.4, 0.5) is 0 Å². The minimum absolute atomic E-state index is 0.740. The molecule has 3 heteroatoms. The Morgan fingerprint density at radius 2 is 2.23 bits per heavy atom. The van der Waals surface area contributed by atoms with E-state index in [0.717, 1.165) is 27.3 Å². The molecule has 0 fully saturated rings. The number of rotatable bonds is 1. The molecular weight excluding hydrogens is 248 g/mol. The van der Waals surface area contributed by atoms with Gasteiger partial charge in [0.2, 0.25) is 0 Å². The molecule has 0 unspecified atom stereocenters. The number of hydrogen-bond acceptors (Lipinski definition) is 2. The molecule has 0 aliphatic carbocycles. The molecule has 0 amide bonds. The molecule has 0 aliphatic heterocycles. The van der Waals surface area contributed by atoms with E-state index in [0.29, 0.717) is 0 Å². The van der Waals surface area contributed by atoms with Gasteiger partial charge in [-0.05, 0) is 40.5 Å². The standard InChI is InChI=1S/C10H7BrOS/c1-6-2-7(4-12)3-8-9(11)5-13-10(6)8/h2-5H,1H3. The van der Waals surface area contributed by atoms with E-state index in [2.05, 4.69) is 15.9 Å². The zero-order chi connectivity index (χ0) is 9.42. The Kier molecular flexibility index (Phi) is 2.22. The molecule has 0 saturated carbocycles. The summed E-state index contributed by atoms with van der Waals surface area (Å²) in [5.41, 5.74) is 1.90. The summed E-state index contributed by atoms with van der Waals surface area (Å²) in [6, 6.07) is 3.83. The average Bonchev–Trinajstić information content (AvgIpc) is 2.48. The number of aryl methyl sites for hydroxylation is 1. The third-order valence-electron chi connectivity index (χ3n) is 1.97. The van der Waals surface area contributed by atoms with Crippen LogP contribution in [0.15, 0.2) is 22.0 Å². The van der Waals surface area contributed by atoms with E-state index in [1.165, 1.54) is 4.70 Å². The number of carbonyl (C=O) groups is 1. The van der Waals surface area contributed by atoms with Crippen LogP contribution in [0.3, 0.4) is 0 Å². The smallest absolute Gasteiger partial charge is 0.150 e. The lowest BCUT2D eigenvalue weighted by Crippen LogP contribution is -1.81. The van der Waals surface area contributed by atoms with Crippen LogP contribution in [0.5, 0.6) is 0 Å². The van der Waals surface area contributed by atoms with E-state index < -0.39 is 0 Å². The maximum atomic E-state index is 10.6. The molecule has 2 rings (SSSR count). The highest BCUT2D eigenvalue weighted by Gasteiger charge is 2.05. The van der Waals surface area contributed by atoms with Gasteiger partial charge in [-0.2, -0.15) is 0 Å². The highest BCUT2D eigenvalue weighted by atomic mass is 79.9. The van der Waals surface area contributed by atoms with Gasteiger partial charge >= 0.3 is 0 Å². The Labute approximate surface area is 88.5 Å². The number of benzene rings is 1. The van der Waals surface area contributed by atoms with Crippen LogP contribution < -0.4 is 0 Å². The highest BCUT2D eigenvalue weighted by molar-refractivity contribution is 9.10. The molecular formula is C10H7BrOS. The van der Waals surface area contributed by atoms with E-state index >= 15 is 0 Å². The molecule has 0 aliphatic rings. The Hall–Kier alpha value is -0.670. The Morgan fingerprint density at radius 1 is 1.46 bits per heavy atom. The number of halogens is 1. The number of hydrogen-bond donors (Lipinski definition) is 0. The monoisotopic (exact) mass is 254 g/mol. The average molecular weight is 255 g/mol. The minimum atomic E-state index is 0.740. The van der Waals surface area contributed by atoms with Crippen LogP contribution >= 0.6 is 27.3 Å². The second kappa shape index (κ2) is 3.24. The Morgan fingerprint density at radius 3 is 2.92 bits per heavy atom. The summed E-state index contributed by atoms with van der Waals surface area (Å²) in [7, 11) is 0. The van der Waals surface area contributed by atoms with Crippen molar-refractivity contribution in [3.8, 4) is 0 Å². The van der Waals surface area contributed by atoms with Crippen molar-refractivity contribution in [3.63, 3.8) is 0 Å². The van der Waals surface area contributed by atoms with Crippen LogP contribution in [-0.4, -0.2) is 6.29 Å². The fourth-order valence-electron chi connectivity index (χ4n) is 1.38. The summed E-state index contributed by atoms with van der Waals surface area (Å²) in [5.74, 6) is 0. The molecule has 0 spiro atoms. The number of aldehydes is 1. The van der Waals surface area contributed by atoms with Gasteiger partial charge in [0.15, 0.2) is 0 Å². The second-order valence-electron chi connectivity index (χ2n) is 2.92. The van der Waals surface area contributed by atoms with Gasteiger partial charge in [0.05, 0.1) is 0 Å². The summed E-state index contributed by atoms with van der Waals surface area (Å²) in [4.78, 5) is 10.6. The second-order valence-corrected chi connectivity index (χ2v) is 4.65. The van der Waals surface area contributed by atoms with Crippen molar-refractivity contribution in [2.75, 3.05) is 0 Å². The fourth-order valence-corrected chi connectivity index (χ4v) is 2.99. The largest absolute Gasteiger partial charge is 0.298 e. The van der Waals surface area contributed by atoms with Crippen molar-refractivity contribution < 1.29 is 4.79 Å². The van der Waals surface area contributed by atoms with Crippen molar-refractivity contribution in [1.82, 2.24) is 0 Å². The molecule has 66 valence electrons. The van der Waals surface area contributed by atoms with Crippen LogP contribution in [0.25, 0.3) is 10.1 Å². The summed E-state index contributed by atoms with van der Waals surface area (Å²) >= 11 is 5.16. The zero-order valence-electron chi connectivity index (χ0n) is 7.00. The van der Waals surface area contributed by atoms with Crippen molar-refractivity contribution in [3.05, 3.63) is 33.1 Å². The lowest BCUT2D eigenvalue weighted by molar-refractivity contribution is 0.112. The fraction of sp³-hybridized carbons (Fsp3) is 0.100. The molecule has 1 nitrogen and oxygen atoms in total. The van der Waals surface area contributed by atoms with E-state index in [4.69, 9.17) is 0 Å². The van der Waals surface area contributed by atoms with E-state index in [9.17, 15) is 4.79 Å². The van der Waals surface area contributed by atoms with Gasteiger partial charge in [0.25, 0.3) is 0 Å². The van der Waals surface area contributed by atoms with Crippen molar-refractivity contribution in [2.24, 2.45) is 0 Å². The number of carbonyl (C=O) groups excluding carboxylic acids is 1. The maximum absolute atomic E-state index is 10.6. The predicted molar refractivity (Wildman–Crippen MR) is 59.6 cm³/mol. The molecule has 0 N–H and O–H groups in total. The van der Waals surface area contributed by atoms with Crippen LogP contribution in [-0.2, 0) is 0 Å². The normalized spacial score (nSPS) is 10.6. The lowest BCUT2D eigenvalue weighted by atomic mass is 10.1. The molecule has 0 bridgehead atoms. The van der Waals surface area contributed by atoms with E-state index in [1.54, 1.807) is 11.3 Å². The third-order valence-corrected chi connectivity index (χ3v) is 4.06. The summed E-state index contributed by atoms with van der Waals surface area (Å²) in [5, 5.41) is 3.18. The maximum Gasteiger partial charge on any atom is 0.150 e. The van der Waals surface area contributed by atoms with Gasteiger partial charge in [-0.15, -0.1) is 11.3 Å². The van der Waals surface area contributed by atoms with Crippen molar-refractivity contribution in [2.45, 2.75) is 6.92 Å². The molecule has 1 aromatic heterocycles. The Bertz CT molecular complexity index is 473. The lowest BCUT2D eigenvalue weighted by Gasteiger charge is -1.97. The van der Waals surface area contributed by atoms with E-state index in [1.807, 2.05) is 24.4 Å². The molecule has 1 heterocycles. The van der Waals surface area contributed by atoms with Crippen LogP contribution in [0, 0.1) is 6.92 Å². The van der Waals surface area contributed by atoms with Crippen molar-refractivity contribution in [1.29, 1.82) is 0 Å². The molecule has 0 saturated heterocycles. The molecule has 0 atom stereocenters. The summed E-state index contributed by atoms with van der Waals surface area (Å²) < 4.78 is 2.32. The van der Waals surface area contributed by atoms with Crippen LogP contribution in [0.1, 0.15) is 15.9 Å². The first-order valence-corrected chi connectivity index (χ1v) is 5.52. The number of fused-ring (bicyclic) bond motifs is 1. The van der Waals surface area contributed by atoms with Gasteiger partial charge in [-0.1, -0.05) is 0 Å². The summed E-state index contributed by atoms with van der Waals surface area (Å²) in [6.07, 6.45) is 0.885. The van der Waals surface area contributed by atoms with Crippen molar-refractivity contribution >= 4 is 43.6 Å². The summed E-state index contributed by atoms with van der Waals surface area (Å²) in [6.45, 7) is 2.03. The van der Waals surface area contributed by atoms with Gasteiger partial charge in [-0.25, -0.2) is 0 Å². The highest BCUT2D eigenvalue weighted by Crippen LogP contribution is 2.33. The first-order chi connectivity index (χ1) is 6.22. The van der Waals surface area contributed by atoms with Crippen LogP contribution in [0.2, 0.25) is 0 Å². The van der Waals surface area contributed by atoms with Gasteiger partial charge in [-0.3, -0.25) is 4.79 Å². The first-order valence-electron chi connectivity index (χ1n) is 3.85. The molecule has 2 aromatic rings. The predicted octanol–water partition coefficient (Wildman–Crippen LogP) is 3.78. The van der Waals surface area contributed by atoms with Gasteiger partial charge in [0, 0.05) is 25.5 Å². The first kappa shape index (κ1) is 8.91. The van der Waals surface area contributed by atoms with Gasteiger partial charge < -0.3 is 0 Å². The SMILES string of the molecule is Cc1cc(C=O)cc2c(Br)csc12. The van der Waals surface area contributed by atoms with Gasteiger partial charge in [0.1, 0.15) is 6.29 Å². The van der Waals surface area contributed by atoms with E-state index in [-0.39, 0.29) is 0 Å². The third kappa shape index (κ3) is 1.42. The minimum Gasteiger partial charge on any atom is -0.298 e. The quantitative estimate of drug-likeness (QED) is 0.708. The Balaban J connectivity index is 2.87. The topological polar surface area (TPSA) is 17.1 Å². The molecule has 1 aromatic carbocycles. The molecule has 0 radical (unpaired) electrons.